The third kappa shape index (κ3) is 18.4. The van der Waals surface area contributed by atoms with Gasteiger partial charge < -0.3 is 9.84 Å². The van der Waals surface area contributed by atoms with E-state index in [0.29, 0.717) is 12.2 Å². The summed E-state index contributed by atoms with van der Waals surface area (Å²) in [6.07, 6.45) is 12.9. The van der Waals surface area contributed by atoms with E-state index in [4.69, 9.17) is 9.84 Å². The van der Waals surface area contributed by atoms with Crippen LogP contribution in [0.2, 0.25) is 0 Å². The summed E-state index contributed by atoms with van der Waals surface area (Å²) < 4.78 is 4.88. The van der Waals surface area contributed by atoms with E-state index >= 15 is 0 Å². The molecule has 0 spiro atoms. The summed E-state index contributed by atoms with van der Waals surface area (Å²) >= 11 is 0. The Morgan fingerprint density at radius 1 is 1.05 bits per heavy atom. The predicted octanol–water partition coefficient (Wildman–Crippen LogP) is 4.89. The summed E-state index contributed by atoms with van der Waals surface area (Å²) in [7, 11) is 0. The maximum Gasteiger partial charge on any atom is 0.330 e. The first-order valence-electron chi connectivity index (χ1n) is 8.14. The van der Waals surface area contributed by atoms with Crippen molar-refractivity contribution in [2.75, 3.05) is 6.61 Å². The molecule has 0 atom stereocenters. The molecule has 0 fully saturated rings. The van der Waals surface area contributed by atoms with Crippen molar-refractivity contribution in [1.82, 2.24) is 0 Å². The fourth-order valence-electron chi connectivity index (χ4n) is 1.59. The van der Waals surface area contributed by atoms with Gasteiger partial charge in [0.15, 0.2) is 0 Å². The van der Waals surface area contributed by atoms with Crippen LogP contribution < -0.4 is 0 Å². The summed E-state index contributed by atoms with van der Waals surface area (Å²) in [6.45, 7) is 9.37. The lowest BCUT2D eigenvalue weighted by atomic mass is 10.1. The average molecular weight is 312 g/mol. The van der Waals surface area contributed by atoms with Crippen molar-refractivity contribution in [2.45, 2.75) is 72.1 Å². The van der Waals surface area contributed by atoms with E-state index in [1.54, 1.807) is 19.9 Å². The van der Waals surface area contributed by atoms with Crippen molar-refractivity contribution >= 4 is 11.9 Å². The number of carbonyl (C=O) groups excluding carboxylic acids is 1. The normalized spacial score (nSPS) is 10.4. The second-order valence-electron chi connectivity index (χ2n) is 5.12. The van der Waals surface area contributed by atoms with Crippen LogP contribution in [0.1, 0.15) is 72.1 Å². The first-order valence-corrected chi connectivity index (χ1v) is 8.14. The fraction of sp³-hybridized carbons (Fsp3) is 0.667. The Labute approximate surface area is 135 Å². The molecule has 128 valence electrons. The lowest BCUT2D eigenvalue weighted by Crippen LogP contribution is -2.01. The molecule has 0 unspecified atom stereocenters. The van der Waals surface area contributed by atoms with Crippen LogP contribution in [0.5, 0.6) is 0 Å². The van der Waals surface area contributed by atoms with E-state index in [1.807, 2.05) is 0 Å². The number of esters is 1. The summed E-state index contributed by atoms with van der Waals surface area (Å²) in [5, 5.41) is 8.11. The van der Waals surface area contributed by atoms with Crippen molar-refractivity contribution in [3.63, 3.8) is 0 Å². The Kier molecular flexibility index (Phi) is 18.0. The number of aliphatic carboxylic acids is 1. The summed E-state index contributed by atoms with van der Waals surface area (Å²) in [5.41, 5.74) is 0.389. The minimum atomic E-state index is -0.845. The minimum Gasteiger partial charge on any atom is -0.478 e. The molecule has 0 aromatic heterocycles. The molecule has 0 aromatic rings. The molecule has 0 saturated heterocycles. The molecule has 0 aliphatic heterocycles. The molecular formula is C18H32O4. The summed E-state index contributed by atoms with van der Waals surface area (Å²) in [5.74, 6) is -1.15. The molecule has 0 bridgehead atoms. The van der Waals surface area contributed by atoms with Crippen LogP contribution in [-0.4, -0.2) is 23.7 Å². The molecule has 0 aliphatic rings. The highest BCUT2D eigenvalue weighted by atomic mass is 16.5. The Balaban J connectivity index is 0. The van der Waals surface area contributed by atoms with Crippen LogP contribution in [0.25, 0.3) is 0 Å². The molecule has 0 saturated carbocycles. The van der Waals surface area contributed by atoms with Crippen LogP contribution in [0.15, 0.2) is 24.3 Å². The van der Waals surface area contributed by atoms with E-state index < -0.39 is 5.97 Å². The molecule has 0 heterocycles. The molecule has 0 aliphatic carbocycles. The average Bonchev–Trinajstić information content (AvgIpc) is 2.52. The van der Waals surface area contributed by atoms with E-state index in [1.165, 1.54) is 44.6 Å². The van der Waals surface area contributed by atoms with E-state index in [-0.39, 0.29) is 5.97 Å². The summed E-state index contributed by atoms with van der Waals surface area (Å²) in [4.78, 5) is 20.5. The maximum atomic E-state index is 10.7. The van der Waals surface area contributed by atoms with Gasteiger partial charge in [-0.2, -0.15) is 0 Å². The van der Waals surface area contributed by atoms with Crippen molar-refractivity contribution in [3.8, 4) is 0 Å². The molecular weight excluding hydrogens is 280 g/mol. The maximum absolute atomic E-state index is 10.7. The number of carboxylic acid groups (broad SMARTS) is 1. The largest absolute Gasteiger partial charge is 0.478 e. The fourth-order valence-corrected chi connectivity index (χ4v) is 1.59. The highest BCUT2D eigenvalue weighted by Crippen LogP contribution is 2.08. The Morgan fingerprint density at radius 3 is 1.91 bits per heavy atom. The van der Waals surface area contributed by atoms with Crippen LogP contribution in [0.4, 0.5) is 0 Å². The van der Waals surface area contributed by atoms with Gasteiger partial charge in [0.2, 0.25) is 0 Å². The van der Waals surface area contributed by atoms with Crippen molar-refractivity contribution in [3.05, 3.63) is 24.3 Å². The van der Waals surface area contributed by atoms with Gasteiger partial charge in [0.25, 0.3) is 0 Å². The van der Waals surface area contributed by atoms with Gasteiger partial charge in [0, 0.05) is 11.6 Å². The number of rotatable bonds is 11. The van der Waals surface area contributed by atoms with Crippen molar-refractivity contribution < 1.29 is 19.4 Å². The predicted molar refractivity (Wildman–Crippen MR) is 90.8 cm³/mol. The van der Waals surface area contributed by atoms with Gasteiger partial charge >= 0.3 is 11.9 Å². The van der Waals surface area contributed by atoms with Crippen LogP contribution >= 0.6 is 0 Å². The van der Waals surface area contributed by atoms with E-state index in [2.05, 4.69) is 13.5 Å². The number of hydrogen-bond acceptors (Lipinski definition) is 3. The molecule has 22 heavy (non-hydrogen) atoms. The van der Waals surface area contributed by atoms with Crippen molar-refractivity contribution in [2.24, 2.45) is 0 Å². The van der Waals surface area contributed by atoms with Gasteiger partial charge in [0.1, 0.15) is 0 Å². The smallest absolute Gasteiger partial charge is 0.330 e. The van der Waals surface area contributed by atoms with Crippen LogP contribution in [0.3, 0.4) is 0 Å². The minimum absolute atomic E-state index is 0.307. The monoisotopic (exact) mass is 312 g/mol. The molecule has 0 rings (SSSR count). The van der Waals surface area contributed by atoms with Gasteiger partial charge in [-0.1, -0.05) is 64.5 Å². The molecule has 0 amide bonds. The first kappa shape index (κ1) is 22.7. The van der Waals surface area contributed by atoms with Crippen LogP contribution in [-0.2, 0) is 14.3 Å². The SMILES string of the molecule is C=CC(=O)OCCCCCCCCCC.CC=C(C)C(=O)O. The number of ether oxygens (including phenoxy) is 1. The van der Waals surface area contributed by atoms with Crippen molar-refractivity contribution in [1.29, 1.82) is 0 Å². The zero-order valence-electron chi connectivity index (χ0n) is 14.4. The lowest BCUT2D eigenvalue weighted by Gasteiger charge is -2.02. The topological polar surface area (TPSA) is 63.6 Å². The third-order valence-corrected chi connectivity index (χ3v) is 3.18. The molecule has 1 N–H and O–H groups in total. The number of allylic oxidation sites excluding steroid dienone is 1. The number of carbonyl (C=O) groups is 2. The second kappa shape index (κ2) is 17.5. The van der Waals surface area contributed by atoms with E-state index in [0.717, 1.165) is 12.8 Å². The van der Waals surface area contributed by atoms with Gasteiger partial charge in [-0.05, 0) is 20.3 Å². The van der Waals surface area contributed by atoms with Gasteiger partial charge in [-0.15, -0.1) is 0 Å². The second-order valence-corrected chi connectivity index (χ2v) is 5.12. The Morgan fingerprint density at radius 2 is 1.55 bits per heavy atom. The number of hydrogen-bond donors (Lipinski definition) is 1. The Bertz CT molecular complexity index is 332. The third-order valence-electron chi connectivity index (χ3n) is 3.18. The first-order chi connectivity index (χ1) is 10.5. The van der Waals surface area contributed by atoms with Gasteiger partial charge in [-0.3, -0.25) is 0 Å². The number of carboxylic acids is 1. The lowest BCUT2D eigenvalue weighted by molar-refractivity contribution is -0.138. The molecule has 0 aromatic carbocycles. The van der Waals surface area contributed by atoms with Gasteiger partial charge in [0.05, 0.1) is 6.61 Å². The molecule has 0 radical (unpaired) electrons. The molecule has 4 heteroatoms. The Hall–Kier alpha value is -1.58. The highest BCUT2D eigenvalue weighted by Gasteiger charge is 1.95. The number of unbranched alkanes of at least 4 members (excludes halogenated alkanes) is 7. The highest BCUT2D eigenvalue weighted by molar-refractivity contribution is 5.85. The van der Waals surface area contributed by atoms with Gasteiger partial charge in [-0.25, -0.2) is 9.59 Å². The zero-order valence-corrected chi connectivity index (χ0v) is 14.4. The standard InChI is InChI=1S/C13H24O2.C5H8O2/c1-3-5-6-7-8-9-10-11-12-15-13(14)4-2;1-3-4(2)5(6)7/h4H,2-3,5-12H2,1H3;3H,1-2H3,(H,6,7). The van der Waals surface area contributed by atoms with Crippen LogP contribution in [0, 0.1) is 0 Å². The van der Waals surface area contributed by atoms with E-state index in [9.17, 15) is 9.59 Å². The quantitative estimate of drug-likeness (QED) is 0.335. The zero-order chi connectivity index (χ0) is 17.2. The molecule has 4 nitrogen and oxygen atoms in total. The summed E-state index contributed by atoms with van der Waals surface area (Å²) in [6, 6.07) is 0.